The Hall–Kier alpha value is -2.59. The van der Waals surface area contributed by atoms with Crippen LogP contribution in [0, 0.1) is 5.41 Å². The topological polar surface area (TPSA) is 78.7 Å². The first-order valence-electron chi connectivity index (χ1n) is 10.2. The lowest BCUT2D eigenvalue weighted by Gasteiger charge is -2.39. The van der Waals surface area contributed by atoms with Crippen molar-refractivity contribution in [1.82, 2.24) is 19.6 Å². The SMILES string of the molecule is O=C(O)c1ccn(C(=O)N2CCC3(CCN(Cc4ccc(C(F)(F)F)c(Cl)c4)C3)CC2)n1. The highest BCUT2D eigenvalue weighted by molar-refractivity contribution is 6.31. The number of carboxylic acid groups (broad SMARTS) is 1. The summed E-state index contributed by atoms with van der Waals surface area (Å²) in [5, 5.41) is 12.5. The van der Waals surface area contributed by atoms with Gasteiger partial charge in [0.2, 0.25) is 0 Å². The number of likely N-dealkylation sites (tertiary alicyclic amines) is 2. The molecule has 172 valence electrons. The van der Waals surface area contributed by atoms with Crippen molar-refractivity contribution < 1.29 is 27.9 Å². The first-order chi connectivity index (χ1) is 15.1. The van der Waals surface area contributed by atoms with E-state index in [1.807, 2.05) is 0 Å². The molecule has 32 heavy (non-hydrogen) atoms. The summed E-state index contributed by atoms with van der Waals surface area (Å²) in [7, 11) is 0. The third-order valence-electron chi connectivity index (χ3n) is 6.36. The summed E-state index contributed by atoms with van der Waals surface area (Å²) >= 11 is 5.84. The average Bonchev–Trinajstić information content (AvgIpc) is 3.35. The van der Waals surface area contributed by atoms with Crippen LogP contribution in [0.3, 0.4) is 0 Å². The molecule has 1 amide bonds. The summed E-state index contributed by atoms with van der Waals surface area (Å²) in [6.45, 7) is 3.24. The first-order valence-corrected chi connectivity index (χ1v) is 10.6. The molecule has 1 N–H and O–H groups in total. The molecular formula is C21H22ClF3N4O3. The van der Waals surface area contributed by atoms with Crippen LogP contribution in [0.5, 0.6) is 0 Å². The maximum absolute atomic E-state index is 12.9. The Morgan fingerprint density at radius 1 is 1.12 bits per heavy atom. The highest BCUT2D eigenvalue weighted by Gasteiger charge is 2.41. The minimum atomic E-state index is -4.47. The Morgan fingerprint density at radius 3 is 2.41 bits per heavy atom. The molecule has 0 unspecified atom stereocenters. The molecule has 3 heterocycles. The zero-order valence-electron chi connectivity index (χ0n) is 17.1. The third-order valence-corrected chi connectivity index (χ3v) is 6.67. The number of rotatable bonds is 3. The Morgan fingerprint density at radius 2 is 1.81 bits per heavy atom. The molecule has 7 nitrogen and oxygen atoms in total. The Labute approximate surface area is 187 Å². The second-order valence-corrected chi connectivity index (χ2v) is 8.90. The number of nitrogens with zero attached hydrogens (tertiary/aromatic N) is 4. The molecule has 0 radical (unpaired) electrons. The van der Waals surface area contributed by atoms with Crippen LogP contribution in [0.15, 0.2) is 30.5 Å². The Bertz CT molecular complexity index is 1030. The molecule has 1 aromatic heterocycles. The second-order valence-electron chi connectivity index (χ2n) is 8.49. The zero-order valence-corrected chi connectivity index (χ0v) is 17.9. The van der Waals surface area contributed by atoms with Crippen molar-refractivity contribution in [1.29, 1.82) is 0 Å². The van der Waals surface area contributed by atoms with E-state index in [4.69, 9.17) is 16.7 Å². The number of carbonyl (C=O) groups excluding carboxylic acids is 1. The molecule has 0 atom stereocenters. The number of carbonyl (C=O) groups is 2. The molecule has 2 aliphatic rings. The predicted octanol–water partition coefficient (Wildman–Crippen LogP) is 4.21. The number of piperidine rings is 1. The minimum absolute atomic E-state index is 0.0584. The highest BCUT2D eigenvalue weighted by Crippen LogP contribution is 2.41. The van der Waals surface area contributed by atoms with Crippen LogP contribution in [0.2, 0.25) is 5.02 Å². The molecule has 0 bridgehead atoms. The van der Waals surface area contributed by atoms with Gasteiger partial charge in [0.25, 0.3) is 0 Å². The maximum atomic E-state index is 12.9. The van der Waals surface area contributed by atoms with Crippen LogP contribution in [0.25, 0.3) is 0 Å². The minimum Gasteiger partial charge on any atom is -0.476 e. The van der Waals surface area contributed by atoms with Gasteiger partial charge in [-0.15, -0.1) is 0 Å². The molecule has 2 fully saturated rings. The number of carboxylic acids is 1. The van der Waals surface area contributed by atoms with Crippen LogP contribution in [-0.2, 0) is 12.7 Å². The fourth-order valence-corrected chi connectivity index (χ4v) is 4.89. The molecule has 0 saturated carbocycles. The lowest BCUT2D eigenvalue weighted by molar-refractivity contribution is -0.137. The number of hydrogen-bond acceptors (Lipinski definition) is 4. The Balaban J connectivity index is 1.33. The molecule has 11 heteroatoms. The van der Waals surface area contributed by atoms with Crippen molar-refractivity contribution in [2.24, 2.45) is 5.41 Å². The smallest absolute Gasteiger partial charge is 0.417 e. The number of hydrogen-bond donors (Lipinski definition) is 1. The molecule has 1 aromatic carbocycles. The third kappa shape index (κ3) is 4.61. The van der Waals surface area contributed by atoms with E-state index in [2.05, 4.69) is 10.00 Å². The summed E-state index contributed by atoms with van der Waals surface area (Å²) < 4.78 is 39.8. The van der Waals surface area contributed by atoms with Gasteiger partial charge in [0, 0.05) is 32.4 Å². The van der Waals surface area contributed by atoms with Gasteiger partial charge >= 0.3 is 18.2 Å². The molecule has 1 spiro atoms. The summed E-state index contributed by atoms with van der Waals surface area (Å²) in [5.74, 6) is -1.19. The number of amides is 1. The van der Waals surface area contributed by atoms with Crippen LogP contribution in [0.4, 0.5) is 18.0 Å². The molecule has 0 aliphatic carbocycles. The van der Waals surface area contributed by atoms with Crippen molar-refractivity contribution in [3.05, 3.63) is 52.3 Å². The molecule has 4 rings (SSSR count). The van der Waals surface area contributed by atoms with Crippen LogP contribution < -0.4 is 0 Å². The zero-order chi connectivity index (χ0) is 23.1. The average molecular weight is 471 g/mol. The first kappa shape index (κ1) is 22.6. The van der Waals surface area contributed by atoms with E-state index in [1.54, 1.807) is 4.90 Å². The van der Waals surface area contributed by atoms with Crippen LogP contribution in [-0.4, -0.2) is 62.9 Å². The van der Waals surface area contributed by atoms with E-state index >= 15 is 0 Å². The van der Waals surface area contributed by atoms with Gasteiger partial charge < -0.3 is 10.0 Å². The largest absolute Gasteiger partial charge is 0.476 e. The van der Waals surface area contributed by atoms with E-state index in [0.717, 1.165) is 48.7 Å². The number of halogens is 4. The number of aromatic carboxylic acids is 1. The van der Waals surface area contributed by atoms with Gasteiger partial charge in [-0.3, -0.25) is 4.90 Å². The van der Waals surface area contributed by atoms with Gasteiger partial charge in [-0.1, -0.05) is 17.7 Å². The van der Waals surface area contributed by atoms with E-state index in [1.165, 1.54) is 24.4 Å². The van der Waals surface area contributed by atoms with Crippen LogP contribution >= 0.6 is 11.6 Å². The van der Waals surface area contributed by atoms with Gasteiger partial charge in [-0.05, 0) is 55.0 Å². The van der Waals surface area contributed by atoms with E-state index in [-0.39, 0.29) is 22.2 Å². The fourth-order valence-electron chi connectivity index (χ4n) is 4.58. The van der Waals surface area contributed by atoms with Crippen molar-refractivity contribution in [2.45, 2.75) is 32.0 Å². The van der Waals surface area contributed by atoms with Crippen molar-refractivity contribution >= 4 is 23.6 Å². The van der Waals surface area contributed by atoms with E-state index < -0.39 is 17.7 Å². The summed E-state index contributed by atoms with van der Waals surface area (Å²) in [6, 6.07) is 4.82. The molecule has 2 saturated heterocycles. The summed E-state index contributed by atoms with van der Waals surface area (Å²) in [5.41, 5.74) is -0.212. The highest BCUT2D eigenvalue weighted by atomic mass is 35.5. The van der Waals surface area contributed by atoms with Crippen molar-refractivity contribution in [2.75, 3.05) is 26.2 Å². The summed E-state index contributed by atoms with van der Waals surface area (Å²) in [6.07, 6.45) is -0.562. The lowest BCUT2D eigenvalue weighted by atomic mass is 9.78. The molecular weight excluding hydrogens is 449 g/mol. The van der Waals surface area contributed by atoms with Crippen molar-refractivity contribution in [3.63, 3.8) is 0 Å². The number of alkyl halides is 3. The van der Waals surface area contributed by atoms with E-state index in [0.29, 0.717) is 19.6 Å². The molecule has 2 aliphatic heterocycles. The maximum Gasteiger partial charge on any atom is 0.417 e. The van der Waals surface area contributed by atoms with Gasteiger partial charge in [-0.25, -0.2) is 9.59 Å². The fraction of sp³-hybridized carbons (Fsp3) is 0.476. The lowest BCUT2D eigenvalue weighted by Crippen LogP contribution is -2.45. The normalized spacial score (nSPS) is 18.9. The monoisotopic (exact) mass is 470 g/mol. The standard InChI is InChI=1S/C21H22ClF3N4O3/c22-16-11-14(1-2-15(16)21(23,24)25)12-27-8-4-20(13-27)5-9-28(10-6-20)19(32)29-7-3-17(26-29)18(30)31/h1-3,7,11H,4-6,8-10,12-13H2,(H,30,31). The second kappa shape index (κ2) is 8.40. The van der Waals surface area contributed by atoms with Gasteiger partial charge in [0.05, 0.1) is 10.6 Å². The number of aromatic nitrogens is 2. The van der Waals surface area contributed by atoms with Crippen LogP contribution in [0.1, 0.15) is 40.9 Å². The Kier molecular flexibility index (Phi) is 5.93. The summed E-state index contributed by atoms with van der Waals surface area (Å²) in [4.78, 5) is 27.4. The quantitative estimate of drug-likeness (QED) is 0.727. The van der Waals surface area contributed by atoms with Gasteiger partial charge in [-0.2, -0.15) is 23.0 Å². The van der Waals surface area contributed by atoms with Crippen molar-refractivity contribution in [3.8, 4) is 0 Å². The van der Waals surface area contributed by atoms with Gasteiger partial charge in [0.15, 0.2) is 5.69 Å². The number of benzene rings is 1. The van der Waals surface area contributed by atoms with E-state index in [9.17, 15) is 22.8 Å². The molecule has 2 aromatic rings. The van der Waals surface area contributed by atoms with Gasteiger partial charge in [0.1, 0.15) is 0 Å². The predicted molar refractivity (Wildman–Crippen MR) is 110 cm³/mol.